The van der Waals surface area contributed by atoms with Gasteiger partial charge in [-0.25, -0.2) is 0 Å². The summed E-state index contributed by atoms with van der Waals surface area (Å²) in [5.41, 5.74) is 8.93. The Morgan fingerprint density at radius 2 is 1.71 bits per heavy atom. The molecule has 1 saturated heterocycles. The Labute approximate surface area is 193 Å². The highest BCUT2D eigenvalue weighted by Crippen LogP contribution is 2.28. The average Bonchev–Trinajstić information content (AvgIpc) is 3.22. The van der Waals surface area contributed by atoms with Crippen molar-refractivity contribution in [3.8, 4) is 0 Å². The van der Waals surface area contributed by atoms with Crippen LogP contribution in [0.15, 0.2) is 60.7 Å². The molecule has 1 aliphatic heterocycles. The van der Waals surface area contributed by atoms with Gasteiger partial charge in [-0.15, -0.1) is 0 Å². The van der Waals surface area contributed by atoms with Gasteiger partial charge in [-0.1, -0.05) is 80.9 Å². The summed E-state index contributed by atoms with van der Waals surface area (Å²) in [5, 5.41) is 3.87. The molecule has 0 aromatic heterocycles. The van der Waals surface area contributed by atoms with Gasteiger partial charge in [-0.2, -0.15) is 12.6 Å². The molecular weight excluding hydrogens is 402 g/mol. The standard InChI is InChI=1S/C26H37N3OS/c1-3-19(2)25(27)26(30)29(18-22-16-23(31)17-28-22)15-14-24(20-10-6-4-7-11-20)21-12-8-5-9-13-21/h4-13,19,22-25,28,31H,3,14-18,27H2,1-2H3/t19?,22?,23?,25-/m0/s1. The van der Waals surface area contributed by atoms with Crippen LogP contribution in [0.1, 0.15) is 50.2 Å². The number of nitrogens with zero attached hydrogens (tertiary/aromatic N) is 1. The molecule has 4 nitrogen and oxygen atoms in total. The number of carbonyl (C=O) groups is 1. The van der Waals surface area contributed by atoms with Crippen LogP contribution in [0.2, 0.25) is 0 Å². The zero-order valence-corrected chi connectivity index (χ0v) is 19.7. The van der Waals surface area contributed by atoms with Gasteiger partial charge in [-0.05, 0) is 29.9 Å². The first kappa shape index (κ1) is 23.8. The van der Waals surface area contributed by atoms with Crippen molar-refractivity contribution < 1.29 is 4.79 Å². The molecule has 2 aromatic rings. The van der Waals surface area contributed by atoms with E-state index in [1.54, 1.807) is 0 Å². The van der Waals surface area contributed by atoms with Crippen LogP contribution < -0.4 is 11.1 Å². The molecule has 3 N–H and O–H groups in total. The van der Waals surface area contributed by atoms with Gasteiger partial charge in [0.1, 0.15) is 0 Å². The lowest BCUT2D eigenvalue weighted by Crippen LogP contribution is -2.50. The van der Waals surface area contributed by atoms with Gasteiger partial charge in [0.2, 0.25) is 5.91 Å². The molecule has 2 aromatic carbocycles. The zero-order valence-electron chi connectivity index (χ0n) is 18.8. The monoisotopic (exact) mass is 439 g/mol. The third-order valence-electron chi connectivity index (χ3n) is 6.58. The van der Waals surface area contributed by atoms with Crippen LogP contribution in [0.4, 0.5) is 0 Å². The Morgan fingerprint density at radius 1 is 1.13 bits per heavy atom. The molecule has 0 saturated carbocycles. The van der Waals surface area contributed by atoms with Crippen molar-refractivity contribution in [2.75, 3.05) is 19.6 Å². The lowest BCUT2D eigenvalue weighted by atomic mass is 9.88. The van der Waals surface area contributed by atoms with Crippen LogP contribution in [-0.4, -0.2) is 47.8 Å². The second-order valence-corrected chi connectivity index (χ2v) is 9.58. The van der Waals surface area contributed by atoms with E-state index in [-0.39, 0.29) is 23.8 Å². The highest BCUT2D eigenvalue weighted by Gasteiger charge is 2.30. The van der Waals surface area contributed by atoms with Crippen LogP contribution in [0.25, 0.3) is 0 Å². The number of carbonyl (C=O) groups excluding carboxylic acids is 1. The Kier molecular flexibility index (Phi) is 9.00. The molecule has 0 spiro atoms. The minimum Gasteiger partial charge on any atom is -0.340 e. The summed E-state index contributed by atoms with van der Waals surface area (Å²) >= 11 is 4.60. The van der Waals surface area contributed by atoms with E-state index in [0.29, 0.717) is 18.3 Å². The van der Waals surface area contributed by atoms with Crippen LogP contribution in [0.3, 0.4) is 0 Å². The molecule has 5 heteroatoms. The number of thiol groups is 1. The van der Waals surface area contributed by atoms with Crippen molar-refractivity contribution >= 4 is 18.5 Å². The number of hydrogen-bond acceptors (Lipinski definition) is 4. The molecule has 31 heavy (non-hydrogen) atoms. The molecule has 0 radical (unpaired) electrons. The van der Waals surface area contributed by atoms with Crippen LogP contribution >= 0.6 is 12.6 Å². The molecule has 3 unspecified atom stereocenters. The first-order valence-corrected chi connectivity index (χ1v) is 12.1. The Hall–Kier alpha value is -1.82. The zero-order chi connectivity index (χ0) is 22.2. The second kappa shape index (κ2) is 11.7. The predicted octanol–water partition coefficient (Wildman–Crippen LogP) is 4.07. The van der Waals surface area contributed by atoms with Gasteiger partial charge < -0.3 is 16.0 Å². The van der Waals surface area contributed by atoms with Crippen LogP contribution in [-0.2, 0) is 4.79 Å². The van der Waals surface area contributed by atoms with Gasteiger partial charge in [0, 0.05) is 36.8 Å². The van der Waals surface area contributed by atoms with E-state index in [0.717, 1.165) is 25.8 Å². The fourth-order valence-corrected chi connectivity index (χ4v) is 4.74. The smallest absolute Gasteiger partial charge is 0.239 e. The van der Waals surface area contributed by atoms with Crippen molar-refractivity contribution in [2.24, 2.45) is 11.7 Å². The van der Waals surface area contributed by atoms with Crippen molar-refractivity contribution in [1.82, 2.24) is 10.2 Å². The van der Waals surface area contributed by atoms with E-state index < -0.39 is 6.04 Å². The number of nitrogens with one attached hydrogen (secondary N) is 1. The molecule has 3 rings (SSSR count). The first-order chi connectivity index (χ1) is 15.0. The topological polar surface area (TPSA) is 58.4 Å². The van der Waals surface area contributed by atoms with Crippen LogP contribution in [0, 0.1) is 5.92 Å². The third-order valence-corrected chi connectivity index (χ3v) is 6.98. The SMILES string of the molecule is CCC(C)[C@H](N)C(=O)N(CCC(c1ccccc1)c1ccccc1)CC1CC(S)CN1. The third kappa shape index (κ3) is 6.58. The molecule has 1 heterocycles. The minimum atomic E-state index is -0.454. The summed E-state index contributed by atoms with van der Waals surface area (Å²) < 4.78 is 0. The lowest BCUT2D eigenvalue weighted by molar-refractivity contribution is -0.134. The van der Waals surface area contributed by atoms with Crippen molar-refractivity contribution in [3.05, 3.63) is 71.8 Å². The summed E-state index contributed by atoms with van der Waals surface area (Å²) in [6.07, 6.45) is 2.74. The van der Waals surface area contributed by atoms with E-state index in [1.807, 2.05) is 17.0 Å². The van der Waals surface area contributed by atoms with E-state index in [4.69, 9.17) is 5.73 Å². The molecule has 1 amide bonds. The summed E-state index contributed by atoms with van der Waals surface area (Å²) in [4.78, 5) is 15.4. The Morgan fingerprint density at radius 3 is 2.19 bits per heavy atom. The van der Waals surface area contributed by atoms with Gasteiger partial charge >= 0.3 is 0 Å². The fourth-order valence-electron chi connectivity index (χ4n) is 4.38. The molecule has 1 aliphatic rings. The molecule has 0 bridgehead atoms. The molecule has 168 valence electrons. The first-order valence-electron chi connectivity index (χ1n) is 11.5. The van der Waals surface area contributed by atoms with Gasteiger partial charge in [0.25, 0.3) is 0 Å². The number of nitrogens with two attached hydrogens (primary N) is 1. The Bertz CT molecular complexity index is 761. The lowest BCUT2D eigenvalue weighted by Gasteiger charge is -2.31. The fraction of sp³-hybridized carbons (Fsp3) is 0.500. The maximum absolute atomic E-state index is 13.4. The maximum atomic E-state index is 13.4. The number of hydrogen-bond donors (Lipinski definition) is 3. The molecular formula is C26H37N3OS. The van der Waals surface area contributed by atoms with E-state index >= 15 is 0 Å². The van der Waals surface area contributed by atoms with Gasteiger partial charge in [0.15, 0.2) is 0 Å². The van der Waals surface area contributed by atoms with Gasteiger partial charge in [0.05, 0.1) is 6.04 Å². The van der Waals surface area contributed by atoms with E-state index in [9.17, 15) is 4.79 Å². The number of rotatable bonds is 10. The number of benzene rings is 2. The summed E-state index contributed by atoms with van der Waals surface area (Å²) in [5.74, 6) is 0.480. The molecule has 4 atom stereocenters. The summed E-state index contributed by atoms with van der Waals surface area (Å²) in [6.45, 7) is 6.43. The molecule has 1 fully saturated rings. The highest BCUT2D eigenvalue weighted by molar-refractivity contribution is 7.81. The van der Waals surface area contributed by atoms with Gasteiger partial charge in [-0.3, -0.25) is 4.79 Å². The Balaban J connectivity index is 1.78. The second-order valence-electron chi connectivity index (χ2n) is 8.85. The minimum absolute atomic E-state index is 0.0682. The summed E-state index contributed by atoms with van der Waals surface area (Å²) in [6, 6.07) is 21.0. The van der Waals surface area contributed by atoms with Crippen molar-refractivity contribution in [3.63, 3.8) is 0 Å². The number of amides is 1. The maximum Gasteiger partial charge on any atom is 0.239 e. The average molecular weight is 440 g/mol. The summed E-state index contributed by atoms with van der Waals surface area (Å²) in [7, 11) is 0. The quantitative estimate of drug-likeness (QED) is 0.489. The van der Waals surface area contributed by atoms with Crippen molar-refractivity contribution in [1.29, 1.82) is 0 Å². The van der Waals surface area contributed by atoms with Crippen LogP contribution in [0.5, 0.6) is 0 Å². The van der Waals surface area contributed by atoms with E-state index in [1.165, 1.54) is 11.1 Å². The predicted molar refractivity (Wildman–Crippen MR) is 133 cm³/mol. The normalized spacial score (nSPS) is 20.5. The van der Waals surface area contributed by atoms with E-state index in [2.05, 4.69) is 80.3 Å². The molecule has 0 aliphatic carbocycles. The highest BCUT2D eigenvalue weighted by atomic mass is 32.1. The largest absolute Gasteiger partial charge is 0.340 e. The van der Waals surface area contributed by atoms with Crippen molar-refractivity contribution in [2.45, 2.75) is 56.4 Å².